The molecule has 0 rings (SSSR count). The van der Waals surface area contributed by atoms with E-state index in [1.807, 2.05) is 6.92 Å². The van der Waals surface area contributed by atoms with E-state index in [4.69, 9.17) is 14.6 Å². The molecule has 0 saturated carbocycles. The lowest BCUT2D eigenvalue weighted by Crippen LogP contribution is -2.12. The first-order valence-electron chi connectivity index (χ1n) is 4.32. The van der Waals surface area contributed by atoms with Gasteiger partial charge in [0.15, 0.2) is 5.76 Å². The molecule has 0 fully saturated rings. The maximum absolute atomic E-state index is 11.0. The molecule has 0 aliphatic heterocycles. The third-order valence-electron chi connectivity index (χ3n) is 1.33. The molecule has 76 valence electrons. The summed E-state index contributed by atoms with van der Waals surface area (Å²) in [6.07, 6.45) is 1.80. The van der Waals surface area contributed by atoms with Crippen LogP contribution in [-0.4, -0.2) is 30.9 Å². The summed E-state index contributed by atoms with van der Waals surface area (Å²) in [5.41, 5.74) is 0. The standard InChI is InChI=1S/C9H16O4/c1-3-4-6-13-9(11)8(2)12-7-5-10/h10H,2-7H2,1H3. The quantitative estimate of drug-likeness (QED) is 0.278. The summed E-state index contributed by atoms with van der Waals surface area (Å²) < 4.78 is 9.56. The lowest BCUT2D eigenvalue weighted by atomic mass is 10.4. The Morgan fingerprint density at radius 2 is 2.08 bits per heavy atom. The van der Waals surface area contributed by atoms with Crippen molar-refractivity contribution < 1.29 is 19.4 Å². The van der Waals surface area contributed by atoms with Gasteiger partial charge in [0, 0.05) is 0 Å². The van der Waals surface area contributed by atoms with Crippen LogP contribution in [0.4, 0.5) is 0 Å². The van der Waals surface area contributed by atoms with Gasteiger partial charge in [-0.2, -0.15) is 0 Å². The molecular weight excluding hydrogens is 172 g/mol. The van der Waals surface area contributed by atoms with Crippen molar-refractivity contribution in [3.63, 3.8) is 0 Å². The minimum atomic E-state index is -0.554. The van der Waals surface area contributed by atoms with Gasteiger partial charge in [0.1, 0.15) is 6.61 Å². The van der Waals surface area contributed by atoms with Crippen molar-refractivity contribution in [2.45, 2.75) is 19.8 Å². The highest BCUT2D eigenvalue weighted by Gasteiger charge is 2.08. The number of rotatable bonds is 7. The first kappa shape index (κ1) is 12.0. The number of carbonyl (C=O) groups excluding carboxylic acids is 1. The highest BCUT2D eigenvalue weighted by molar-refractivity contribution is 5.85. The zero-order valence-corrected chi connectivity index (χ0v) is 7.91. The van der Waals surface area contributed by atoms with E-state index < -0.39 is 5.97 Å². The molecule has 0 aromatic carbocycles. The average Bonchev–Trinajstić information content (AvgIpc) is 2.14. The Bertz CT molecular complexity index is 165. The highest BCUT2D eigenvalue weighted by atomic mass is 16.6. The minimum absolute atomic E-state index is 0.0508. The molecule has 0 radical (unpaired) electrons. The SMILES string of the molecule is C=C(OCCO)C(=O)OCCCC. The summed E-state index contributed by atoms with van der Waals surface area (Å²) in [6, 6.07) is 0. The second-order valence-corrected chi connectivity index (χ2v) is 2.48. The predicted octanol–water partition coefficient (Wildman–Crippen LogP) is 0.852. The first-order valence-corrected chi connectivity index (χ1v) is 4.32. The number of aliphatic hydroxyl groups excluding tert-OH is 1. The third-order valence-corrected chi connectivity index (χ3v) is 1.33. The Hall–Kier alpha value is -1.03. The molecule has 0 aromatic heterocycles. The van der Waals surface area contributed by atoms with Crippen LogP contribution >= 0.6 is 0 Å². The molecule has 0 spiro atoms. The van der Waals surface area contributed by atoms with E-state index in [2.05, 4.69) is 6.58 Å². The molecule has 0 amide bonds. The lowest BCUT2D eigenvalue weighted by molar-refractivity contribution is -0.143. The fourth-order valence-corrected chi connectivity index (χ4v) is 0.617. The van der Waals surface area contributed by atoms with Gasteiger partial charge in [-0.3, -0.25) is 0 Å². The maximum Gasteiger partial charge on any atom is 0.372 e. The van der Waals surface area contributed by atoms with Gasteiger partial charge < -0.3 is 14.6 Å². The Morgan fingerprint density at radius 3 is 2.62 bits per heavy atom. The van der Waals surface area contributed by atoms with E-state index in [0.29, 0.717) is 6.61 Å². The van der Waals surface area contributed by atoms with E-state index in [1.165, 1.54) is 0 Å². The zero-order chi connectivity index (χ0) is 10.1. The zero-order valence-electron chi connectivity index (χ0n) is 7.91. The minimum Gasteiger partial charge on any atom is -0.485 e. The van der Waals surface area contributed by atoms with Crippen LogP contribution in [0.2, 0.25) is 0 Å². The van der Waals surface area contributed by atoms with Crippen LogP contribution in [0.1, 0.15) is 19.8 Å². The monoisotopic (exact) mass is 188 g/mol. The van der Waals surface area contributed by atoms with Crippen LogP contribution in [0, 0.1) is 0 Å². The number of hydrogen-bond donors (Lipinski definition) is 1. The van der Waals surface area contributed by atoms with Gasteiger partial charge in [0.05, 0.1) is 13.2 Å². The number of carbonyl (C=O) groups is 1. The van der Waals surface area contributed by atoms with E-state index in [9.17, 15) is 4.79 Å². The largest absolute Gasteiger partial charge is 0.485 e. The second-order valence-electron chi connectivity index (χ2n) is 2.48. The number of esters is 1. The van der Waals surface area contributed by atoms with Crippen LogP contribution < -0.4 is 0 Å². The van der Waals surface area contributed by atoms with Gasteiger partial charge in [-0.1, -0.05) is 13.3 Å². The topological polar surface area (TPSA) is 55.8 Å². The van der Waals surface area contributed by atoms with Crippen LogP contribution in [0.5, 0.6) is 0 Å². The predicted molar refractivity (Wildman–Crippen MR) is 48.0 cm³/mol. The van der Waals surface area contributed by atoms with Crippen molar-refractivity contribution in [2.24, 2.45) is 0 Å². The van der Waals surface area contributed by atoms with Gasteiger partial charge in [-0.15, -0.1) is 0 Å². The molecule has 0 unspecified atom stereocenters. The molecule has 1 N–H and O–H groups in total. The van der Waals surface area contributed by atoms with Crippen molar-refractivity contribution in [3.8, 4) is 0 Å². The van der Waals surface area contributed by atoms with E-state index >= 15 is 0 Å². The van der Waals surface area contributed by atoms with Crippen LogP contribution in [0.3, 0.4) is 0 Å². The lowest BCUT2D eigenvalue weighted by Gasteiger charge is -2.07. The van der Waals surface area contributed by atoms with Gasteiger partial charge in [-0.05, 0) is 13.0 Å². The molecule has 0 bridgehead atoms. The summed E-state index contributed by atoms with van der Waals surface area (Å²) in [7, 11) is 0. The van der Waals surface area contributed by atoms with Crippen molar-refractivity contribution in [2.75, 3.05) is 19.8 Å². The van der Waals surface area contributed by atoms with Crippen molar-refractivity contribution in [1.29, 1.82) is 0 Å². The molecule has 0 aliphatic carbocycles. The van der Waals surface area contributed by atoms with Crippen molar-refractivity contribution in [3.05, 3.63) is 12.3 Å². The number of ether oxygens (including phenoxy) is 2. The van der Waals surface area contributed by atoms with Crippen molar-refractivity contribution >= 4 is 5.97 Å². The van der Waals surface area contributed by atoms with Gasteiger partial charge in [0.25, 0.3) is 0 Å². The molecule has 0 aromatic rings. The van der Waals surface area contributed by atoms with Crippen LogP contribution in [0.25, 0.3) is 0 Å². The maximum atomic E-state index is 11.0. The normalized spacial score (nSPS) is 9.38. The molecule has 13 heavy (non-hydrogen) atoms. The fraction of sp³-hybridized carbons (Fsp3) is 0.667. The molecule has 4 nitrogen and oxygen atoms in total. The van der Waals surface area contributed by atoms with Crippen LogP contribution in [-0.2, 0) is 14.3 Å². The summed E-state index contributed by atoms with van der Waals surface area (Å²) in [5.74, 6) is -0.605. The molecule has 4 heteroatoms. The number of unbranched alkanes of at least 4 members (excludes halogenated alkanes) is 1. The second kappa shape index (κ2) is 7.61. The number of aliphatic hydroxyl groups is 1. The van der Waals surface area contributed by atoms with E-state index in [1.54, 1.807) is 0 Å². The third kappa shape index (κ3) is 6.16. The molecule has 0 atom stereocenters. The van der Waals surface area contributed by atoms with Gasteiger partial charge in [0.2, 0.25) is 0 Å². The smallest absolute Gasteiger partial charge is 0.372 e. The summed E-state index contributed by atoms with van der Waals surface area (Å²) in [6.45, 7) is 5.69. The molecule has 0 aliphatic rings. The van der Waals surface area contributed by atoms with Gasteiger partial charge in [-0.25, -0.2) is 4.79 Å². The summed E-state index contributed by atoms with van der Waals surface area (Å²) in [5, 5.41) is 8.39. The van der Waals surface area contributed by atoms with Gasteiger partial charge >= 0.3 is 5.97 Å². The fourth-order valence-electron chi connectivity index (χ4n) is 0.617. The summed E-state index contributed by atoms with van der Waals surface area (Å²) >= 11 is 0. The Kier molecular flexibility index (Phi) is 7.01. The first-order chi connectivity index (χ1) is 6.22. The number of hydrogen-bond acceptors (Lipinski definition) is 4. The van der Waals surface area contributed by atoms with E-state index in [-0.39, 0.29) is 19.0 Å². The average molecular weight is 188 g/mol. The van der Waals surface area contributed by atoms with Crippen LogP contribution in [0.15, 0.2) is 12.3 Å². The molecule has 0 heterocycles. The highest BCUT2D eigenvalue weighted by Crippen LogP contribution is 1.98. The van der Waals surface area contributed by atoms with E-state index in [0.717, 1.165) is 12.8 Å². The Morgan fingerprint density at radius 1 is 1.38 bits per heavy atom. The molecular formula is C9H16O4. The molecule has 0 saturated heterocycles. The van der Waals surface area contributed by atoms with Crippen molar-refractivity contribution in [1.82, 2.24) is 0 Å². The summed E-state index contributed by atoms with van der Waals surface area (Å²) in [4.78, 5) is 11.0. The Labute approximate surface area is 78.2 Å². The Balaban J connectivity index is 3.51.